The van der Waals surface area contributed by atoms with E-state index in [0.717, 1.165) is 38.4 Å². The molecule has 3 aliphatic rings. The summed E-state index contributed by atoms with van der Waals surface area (Å²) in [6, 6.07) is 0.757. The number of likely N-dealkylation sites (tertiary alicyclic amines) is 1. The van der Waals surface area contributed by atoms with Gasteiger partial charge in [-0.15, -0.1) is 3.89 Å². The Balaban J connectivity index is 1.66. The van der Waals surface area contributed by atoms with Gasteiger partial charge in [0.2, 0.25) is 0 Å². The number of halogens is 1. The van der Waals surface area contributed by atoms with Gasteiger partial charge in [0.1, 0.15) is 5.75 Å². The first-order valence-electron chi connectivity index (χ1n) is 6.77. The van der Waals surface area contributed by atoms with Gasteiger partial charge in [0.05, 0.1) is 6.10 Å². The average molecular weight is 277 g/mol. The Kier molecular flexibility index (Phi) is 3.15. The molecule has 18 heavy (non-hydrogen) atoms. The molecule has 2 heterocycles. The quantitative estimate of drug-likeness (QED) is 0.730. The number of piperidine rings is 1. The second-order valence-corrected chi connectivity index (χ2v) is 7.36. The van der Waals surface area contributed by atoms with Crippen molar-refractivity contribution in [2.24, 2.45) is 5.41 Å². The lowest BCUT2D eigenvalue weighted by molar-refractivity contribution is 0.0201. The molecule has 3 rings (SSSR count). The Bertz CT molecular complexity index is 413. The molecule has 0 aromatic rings. The van der Waals surface area contributed by atoms with Crippen molar-refractivity contribution in [1.82, 2.24) is 4.90 Å². The highest BCUT2D eigenvalue weighted by Gasteiger charge is 2.48. The van der Waals surface area contributed by atoms with Crippen LogP contribution >= 0.6 is 0 Å². The van der Waals surface area contributed by atoms with Crippen molar-refractivity contribution in [2.75, 3.05) is 25.4 Å². The molecule has 1 aliphatic carbocycles. The molecule has 1 unspecified atom stereocenters. The second-order valence-electron chi connectivity index (χ2n) is 5.94. The van der Waals surface area contributed by atoms with Crippen LogP contribution in [0.3, 0.4) is 0 Å². The van der Waals surface area contributed by atoms with E-state index < -0.39 is 22.1 Å². The fourth-order valence-corrected chi connectivity index (χ4v) is 4.31. The summed E-state index contributed by atoms with van der Waals surface area (Å²) in [6.07, 6.45) is 4.94. The molecular weight excluding hydrogens is 257 g/mol. The van der Waals surface area contributed by atoms with Gasteiger partial charge in [-0.05, 0) is 45.2 Å². The summed E-state index contributed by atoms with van der Waals surface area (Å²) in [7, 11) is -4.44. The monoisotopic (exact) mass is 277 g/mol. The normalized spacial score (nSPS) is 33.1. The molecule has 4 nitrogen and oxygen atoms in total. The summed E-state index contributed by atoms with van der Waals surface area (Å²) in [5.41, 5.74) is -0.0927. The van der Waals surface area contributed by atoms with E-state index >= 15 is 0 Å². The van der Waals surface area contributed by atoms with Crippen LogP contribution in [-0.4, -0.2) is 50.9 Å². The van der Waals surface area contributed by atoms with Gasteiger partial charge in [-0.1, -0.05) is 0 Å². The van der Waals surface area contributed by atoms with Gasteiger partial charge in [-0.2, -0.15) is 8.42 Å². The van der Waals surface area contributed by atoms with E-state index in [9.17, 15) is 12.3 Å². The molecule has 2 saturated heterocycles. The van der Waals surface area contributed by atoms with Crippen LogP contribution in [0.1, 0.15) is 32.1 Å². The largest absolute Gasteiger partial charge is 0.376 e. The fourth-order valence-electron chi connectivity index (χ4n) is 3.49. The zero-order chi connectivity index (χ0) is 12.8. The molecule has 3 fully saturated rings. The molecule has 0 radical (unpaired) electrons. The van der Waals surface area contributed by atoms with E-state index in [4.69, 9.17) is 4.74 Å². The van der Waals surface area contributed by atoms with Gasteiger partial charge in [-0.3, -0.25) is 0 Å². The summed E-state index contributed by atoms with van der Waals surface area (Å²) in [6.45, 7) is 2.59. The Morgan fingerprint density at radius 1 is 1.22 bits per heavy atom. The lowest BCUT2D eigenvalue weighted by Gasteiger charge is -2.41. The highest BCUT2D eigenvalue weighted by Crippen LogP contribution is 2.46. The maximum Gasteiger partial charge on any atom is 0.304 e. The van der Waals surface area contributed by atoms with E-state index in [1.54, 1.807) is 0 Å². The second kappa shape index (κ2) is 4.42. The van der Waals surface area contributed by atoms with Gasteiger partial charge >= 0.3 is 10.2 Å². The van der Waals surface area contributed by atoms with Crippen molar-refractivity contribution in [2.45, 2.75) is 44.2 Å². The highest BCUT2D eigenvalue weighted by atomic mass is 32.3. The molecule has 1 saturated carbocycles. The molecular formula is C12H20FNO3S. The minimum absolute atomic E-state index is 0.0927. The first kappa shape index (κ1) is 12.8. The van der Waals surface area contributed by atoms with Crippen LogP contribution in [-0.2, 0) is 15.0 Å². The van der Waals surface area contributed by atoms with Gasteiger partial charge < -0.3 is 9.64 Å². The molecule has 0 N–H and O–H groups in total. The molecule has 0 bridgehead atoms. The molecule has 2 aliphatic heterocycles. The number of hydrogen-bond donors (Lipinski definition) is 0. The van der Waals surface area contributed by atoms with Crippen molar-refractivity contribution in [1.29, 1.82) is 0 Å². The highest BCUT2D eigenvalue weighted by molar-refractivity contribution is 7.86. The number of hydrogen-bond acceptors (Lipinski definition) is 4. The number of ether oxygens (including phenoxy) is 1. The van der Waals surface area contributed by atoms with E-state index in [0.29, 0.717) is 6.61 Å². The van der Waals surface area contributed by atoms with Crippen LogP contribution in [0.2, 0.25) is 0 Å². The summed E-state index contributed by atoms with van der Waals surface area (Å²) in [4.78, 5) is 2.49. The molecule has 104 valence electrons. The van der Waals surface area contributed by atoms with Crippen LogP contribution in [0, 0.1) is 5.41 Å². The average Bonchev–Trinajstić information content (AvgIpc) is 3.06. The fraction of sp³-hybridized carbons (Fsp3) is 1.00. The van der Waals surface area contributed by atoms with Gasteiger partial charge in [0.25, 0.3) is 0 Å². The molecule has 0 aromatic heterocycles. The minimum atomic E-state index is -4.44. The van der Waals surface area contributed by atoms with E-state index in [2.05, 4.69) is 4.90 Å². The van der Waals surface area contributed by atoms with E-state index in [-0.39, 0.29) is 5.41 Å². The standard InChI is InChI=1S/C12H20FNO3S/c13-18(15,16)9-11-12(5-8-17-11)3-6-14(7-4-12)10-1-2-10/h10-11H,1-9H2. The lowest BCUT2D eigenvalue weighted by atomic mass is 9.73. The van der Waals surface area contributed by atoms with Crippen molar-refractivity contribution in [3.05, 3.63) is 0 Å². The van der Waals surface area contributed by atoms with Gasteiger partial charge in [0, 0.05) is 18.1 Å². The van der Waals surface area contributed by atoms with E-state index in [1.165, 1.54) is 12.8 Å². The third-order valence-corrected chi connectivity index (χ3v) is 5.51. The molecule has 0 aromatic carbocycles. The van der Waals surface area contributed by atoms with Crippen molar-refractivity contribution >= 4 is 10.2 Å². The van der Waals surface area contributed by atoms with Crippen LogP contribution in [0.15, 0.2) is 0 Å². The predicted octanol–water partition coefficient (Wildman–Crippen LogP) is 1.32. The van der Waals surface area contributed by atoms with Crippen molar-refractivity contribution in [3.8, 4) is 0 Å². The first-order chi connectivity index (χ1) is 8.49. The third kappa shape index (κ3) is 2.56. The topological polar surface area (TPSA) is 46.6 Å². The zero-order valence-corrected chi connectivity index (χ0v) is 11.3. The van der Waals surface area contributed by atoms with Crippen LogP contribution in [0.4, 0.5) is 3.89 Å². The molecule has 6 heteroatoms. The SMILES string of the molecule is O=S(=O)(F)CC1OCCC12CCN(C1CC1)CC2. The minimum Gasteiger partial charge on any atom is -0.376 e. The number of rotatable bonds is 3. The first-order valence-corrected chi connectivity index (χ1v) is 8.32. The zero-order valence-electron chi connectivity index (χ0n) is 10.5. The Morgan fingerprint density at radius 3 is 2.44 bits per heavy atom. The van der Waals surface area contributed by atoms with Gasteiger partial charge in [0.15, 0.2) is 0 Å². The summed E-state index contributed by atoms with van der Waals surface area (Å²) >= 11 is 0. The summed E-state index contributed by atoms with van der Waals surface area (Å²) < 4.78 is 40.0. The Labute approximate surface area is 108 Å². The van der Waals surface area contributed by atoms with E-state index in [1.807, 2.05) is 0 Å². The maximum atomic E-state index is 12.9. The Hall–Kier alpha value is -0.200. The van der Waals surface area contributed by atoms with Crippen molar-refractivity contribution < 1.29 is 17.0 Å². The van der Waals surface area contributed by atoms with Crippen molar-refractivity contribution in [3.63, 3.8) is 0 Å². The molecule has 1 atom stereocenters. The maximum absolute atomic E-state index is 12.9. The van der Waals surface area contributed by atoms with Crippen LogP contribution in [0.25, 0.3) is 0 Å². The molecule has 1 spiro atoms. The third-order valence-electron chi connectivity index (χ3n) is 4.81. The van der Waals surface area contributed by atoms with Crippen LogP contribution < -0.4 is 0 Å². The Morgan fingerprint density at radius 2 is 1.89 bits per heavy atom. The van der Waals surface area contributed by atoms with Gasteiger partial charge in [-0.25, -0.2) is 0 Å². The van der Waals surface area contributed by atoms with Crippen LogP contribution in [0.5, 0.6) is 0 Å². The predicted molar refractivity (Wildman–Crippen MR) is 65.5 cm³/mol. The summed E-state index contributed by atoms with van der Waals surface area (Å²) in [5.74, 6) is -0.462. The number of nitrogens with zero attached hydrogens (tertiary/aromatic N) is 1. The summed E-state index contributed by atoms with van der Waals surface area (Å²) in [5, 5.41) is 0. The lowest BCUT2D eigenvalue weighted by Crippen LogP contribution is -2.46. The smallest absolute Gasteiger partial charge is 0.304 e. The molecule has 0 amide bonds.